The van der Waals surface area contributed by atoms with Crippen molar-refractivity contribution in [2.75, 3.05) is 19.8 Å². The van der Waals surface area contributed by atoms with Gasteiger partial charge in [-0.2, -0.15) is 0 Å². The van der Waals surface area contributed by atoms with E-state index in [0.29, 0.717) is 6.04 Å². The maximum absolute atomic E-state index is 5.47. The average molecular weight is 216 g/mol. The molecule has 0 aliphatic carbocycles. The van der Waals surface area contributed by atoms with Crippen LogP contribution < -0.4 is 5.32 Å². The molecule has 1 atom stereocenters. The Hall–Kier alpha value is -1.32. The van der Waals surface area contributed by atoms with Crippen LogP contribution in [0.4, 0.5) is 0 Å². The summed E-state index contributed by atoms with van der Waals surface area (Å²) in [4.78, 5) is 0. The van der Waals surface area contributed by atoms with Crippen molar-refractivity contribution in [2.24, 2.45) is 0 Å². The van der Waals surface area contributed by atoms with Crippen molar-refractivity contribution in [1.29, 1.82) is 0 Å². The predicted molar refractivity (Wildman–Crippen MR) is 64.5 cm³/mol. The zero-order chi connectivity index (χ0) is 10.8. The molecule has 0 amide bonds. The first-order valence-corrected chi connectivity index (χ1v) is 5.78. The smallest absolute Gasteiger partial charge is 0.0637 e. The molecule has 3 rings (SSSR count). The summed E-state index contributed by atoms with van der Waals surface area (Å²) in [6.45, 7) is 3.59. The molecular formula is C13H16N2O. The molecule has 1 saturated heterocycles. The van der Waals surface area contributed by atoms with Crippen molar-refractivity contribution in [3.05, 3.63) is 36.5 Å². The summed E-state index contributed by atoms with van der Waals surface area (Å²) in [5.41, 5.74) is 1.30. The second-order valence-corrected chi connectivity index (χ2v) is 4.25. The first kappa shape index (κ1) is 9.87. The largest absolute Gasteiger partial charge is 0.378 e. The number of ether oxygens (including phenoxy) is 1. The zero-order valence-electron chi connectivity index (χ0n) is 9.23. The molecule has 0 bridgehead atoms. The van der Waals surface area contributed by atoms with E-state index < -0.39 is 0 Å². The van der Waals surface area contributed by atoms with Gasteiger partial charge in [0.1, 0.15) is 0 Å². The number of nitrogens with one attached hydrogen (secondary N) is 1. The molecule has 84 valence electrons. The van der Waals surface area contributed by atoms with Gasteiger partial charge in [0.05, 0.1) is 13.2 Å². The summed E-state index contributed by atoms with van der Waals surface area (Å²) in [6, 6.07) is 11.1. The molecule has 0 radical (unpaired) electrons. The maximum Gasteiger partial charge on any atom is 0.0637 e. The molecule has 3 nitrogen and oxygen atoms in total. The van der Waals surface area contributed by atoms with Gasteiger partial charge in [-0.05, 0) is 17.5 Å². The van der Waals surface area contributed by atoms with Gasteiger partial charge in [-0.15, -0.1) is 0 Å². The summed E-state index contributed by atoms with van der Waals surface area (Å²) >= 11 is 0. The fourth-order valence-electron chi connectivity index (χ4n) is 2.27. The highest BCUT2D eigenvalue weighted by atomic mass is 16.5. The number of benzene rings is 1. The first-order chi connectivity index (χ1) is 7.93. The van der Waals surface area contributed by atoms with Gasteiger partial charge in [-0.3, -0.25) is 0 Å². The standard InChI is InChI=1S/C13H16N2O/c1-2-4-13-11(3-1)5-7-15(13)9-12-10-16-8-6-14-12/h1-5,7,12,14H,6,8-10H2. The van der Waals surface area contributed by atoms with Gasteiger partial charge in [-0.1, -0.05) is 18.2 Å². The number of rotatable bonds is 2. The first-order valence-electron chi connectivity index (χ1n) is 5.78. The lowest BCUT2D eigenvalue weighted by Crippen LogP contribution is -2.43. The Balaban J connectivity index is 1.83. The van der Waals surface area contributed by atoms with Gasteiger partial charge in [0, 0.05) is 30.8 Å². The third-order valence-electron chi connectivity index (χ3n) is 3.10. The van der Waals surface area contributed by atoms with E-state index in [0.717, 1.165) is 26.3 Å². The number of hydrogen-bond donors (Lipinski definition) is 1. The summed E-state index contributed by atoms with van der Waals surface area (Å²) in [6.07, 6.45) is 2.15. The Labute approximate surface area is 95.0 Å². The van der Waals surface area contributed by atoms with Gasteiger partial charge in [0.25, 0.3) is 0 Å². The number of nitrogens with zero attached hydrogens (tertiary/aromatic N) is 1. The molecule has 0 spiro atoms. The number of para-hydroxylation sites is 1. The molecule has 2 aromatic rings. The van der Waals surface area contributed by atoms with Crippen LogP contribution >= 0.6 is 0 Å². The van der Waals surface area contributed by atoms with Crippen molar-refractivity contribution in [1.82, 2.24) is 9.88 Å². The van der Waals surface area contributed by atoms with Crippen LogP contribution in [0.3, 0.4) is 0 Å². The average Bonchev–Trinajstić information content (AvgIpc) is 2.74. The molecule has 1 aliphatic rings. The van der Waals surface area contributed by atoms with E-state index in [4.69, 9.17) is 4.74 Å². The number of fused-ring (bicyclic) bond motifs is 1. The van der Waals surface area contributed by atoms with Crippen LogP contribution in [0.1, 0.15) is 0 Å². The molecule has 2 heterocycles. The fraction of sp³-hybridized carbons (Fsp3) is 0.385. The lowest BCUT2D eigenvalue weighted by molar-refractivity contribution is 0.0718. The number of morpholine rings is 1. The molecule has 16 heavy (non-hydrogen) atoms. The Morgan fingerprint density at radius 2 is 2.25 bits per heavy atom. The van der Waals surface area contributed by atoms with Crippen molar-refractivity contribution in [2.45, 2.75) is 12.6 Å². The number of aromatic nitrogens is 1. The lowest BCUT2D eigenvalue weighted by atomic mass is 10.2. The molecule has 1 aromatic carbocycles. The van der Waals surface area contributed by atoms with E-state index in [1.54, 1.807) is 0 Å². The topological polar surface area (TPSA) is 26.2 Å². The third-order valence-corrected chi connectivity index (χ3v) is 3.10. The van der Waals surface area contributed by atoms with Gasteiger partial charge < -0.3 is 14.6 Å². The van der Waals surface area contributed by atoms with E-state index in [-0.39, 0.29) is 0 Å². The monoisotopic (exact) mass is 216 g/mol. The molecule has 0 saturated carbocycles. The van der Waals surface area contributed by atoms with Crippen LogP contribution in [0, 0.1) is 0 Å². The van der Waals surface area contributed by atoms with Crippen LogP contribution in [-0.2, 0) is 11.3 Å². The van der Waals surface area contributed by atoms with Gasteiger partial charge >= 0.3 is 0 Å². The Bertz CT molecular complexity index is 471. The van der Waals surface area contributed by atoms with E-state index in [1.807, 2.05) is 0 Å². The van der Waals surface area contributed by atoms with E-state index in [2.05, 4.69) is 46.4 Å². The second-order valence-electron chi connectivity index (χ2n) is 4.25. The highest BCUT2D eigenvalue weighted by Gasteiger charge is 2.13. The van der Waals surface area contributed by atoms with E-state index in [1.165, 1.54) is 10.9 Å². The molecule has 1 N–H and O–H groups in total. The molecular weight excluding hydrogens is 200 g/mol. The Morgan fingerprint density at radius 3 is 3.12 bits per heavy atom. The van der Waals surface area contributed by atoms with Gasteiger partial charge in [0.2, 0.25) is 0 Å². The SMILES string of the molecule is c1ccc2c(c1)ccn2CC1COCCN1. The Morgan fingerprint density at radius 1 is 1.31 bits per heavy atom. The van der Waals surface area contributed by atoms with Crippen molar-refractivity contribution in [3.8, 4) is 0 Å². The fourth-order valence-corrected chi connectivity index (χ4v) is 2.27. The van der Waals surface area contributed by atoms with Gasteiger partial charge in [-0.25, -0.2) is 0 Å². The van der Waals surface area contributed by atoms with Crippen molar-refractivity contribution >= 4 is 10.9 Å². The second kappa shape index (κ2) is 4.28. The highest BCUT2D eigenvalue weighted by Crippen LogP contribution is 2.15. The van der Waals surface area contributed by atoms with Crippen LogP contribution in [0.15, 0.2) is 36.5 Å². The highest BCUT2D eigenvalue weighted by molar-refractivity contribution is 5.79. The van der Waals surface area contributed by atoms with Crippen LogP contribution in [0.5, 0.6) is 0 Å². The molecule has 3 heteroatoms. The minimum absolute atomic E-state index is 0.435. The maximum atomic E-state index is 5.47. The van der Waals surface area contributed by atoms with Crippen molar-refractivity contribution < 1.29 is 4.74 Å². The van der Waals surface area contributed by atoms with E-state index in [9.17, 15) is 0 Å². The molecule has 1 aromatic heterocycles. The molecule has 1 unspecified atom stereocenters. The third kappa shape index (κ3) is 1.84. The van der Waals surface area contributed by atoms with Gasteiger partial charge in [0.15, 0.2) is 0 Å². The molecule has 1 aliphatic heterocycles. The minimum Gasteiger partial charge on any atom is -0.378 e. The predicted octanol–water partition coefficient (Wildman–Crippen LogP) is 1.63. The van der Waals surface area contributed by atoms with Crippen LogP contribution in [0.2, 0.25) is 0 Å². The summed E-state index contributed by atoms with van der Waals surface area (Å²) in [7, 11) is 0. The lowest BCUT2D eigenvalue weighted by Gasteiger charge is -2.24. The normalized spacial score (nSPS) is 21.4. The van der Waals surface area contributed by atoms with Crippen LogP contribution in [-0.4, -0.2) is 30.4 Å². The summed E-state index contributed by atoms with van der Waals surface area (Å²) in [5, 5.41) is 4.78. The van der Waals surface area contributed by atoms with Crippen molar-refractivity contribution in [3.63, 3.8) is 0 Å². The minimum atomic E-state index is 0.435. The Kier molecular flexibility index (Phi) is 2.64. The summed E-state index contributed by atoms with van der Waals surface area (Å²) in [5.74, 6) is 0. The van der Waals surface area contributed by atoms with E-state index >= 15 is 0 Å². The quantitative estimate of drug-likeness (QED) is 0.825. The van der Waals surface area contributed by atoms with Crippen LogP contribution in [0.25, 0.3) is 10.9 Å². The molecule has 1 fully saturated rings. The zero-order valence-corrected chi connectivity index (χ0v) is 9.23. The summed E-state index contributed by atoms with van der Waals surface area (Å²) < 4.78 is 7.76. The number of hydrogen-bond acceptors (Lipinski definition) is 2.